The number of pyridine rings is 1. The Labute approximate surface area is 113 Å². The Kier molecular flexibility index (Phi) is 6.24. The molecule has 6 heteroatoms. The number of hydrogen-bond acceptors (Lipinski definition) is 5. The molecule has 0 aromatic carbocycles. The minimum atomic E-state index is -0.622. The Morgan fingerprint density at radius 1 is 1.63 bits per heavy atom. The number of carbonyl (C=O) groups excluding carboxylic acids is 1. The number of nitrogens with zero attached hydrogens (tertiary/aromatic N) is 2. The monoisotopic (exact) mass is 267 g/mol. The summed E-state index contributed by atoms with van der Waals surface area (Å²) in [5.41, 5.74) is 0.703. The number of methoxy groups -OCH3 is 1. The third-order valence-corrected chi connectivity index (χ3v) is 2.64. The Hall–Kier alpha value is -1.66. The highest BCUT2D eigenvalue weighted by atomic mass is 16.5. The van der Waals surface area contributed by atoms with Gasteiger partial charge in [-0.2, -0.15) is 0 Å². The molecule has 1 amide bonds. The molecule has 0 saturated carbocycles. The van der Waals surface area contributed by atoms with Gasteiger partial charge in [-0.15, -0.1) is 0 Å². The summed E-state index contributed by atoms with van der Waals surface area (Å²) in [6.45, 7) is 2.82. The average molecular weight is 267 g/mol. The predicted octanol–water partition coefficient (Wildman–Crippen LogP) is 0.334. The first kappa shape index (κ1) is 15.4. The van der Waals surface area contributed by atoms with E-state index in [0.29, 0.717) is 24.5 Å². The van der Waals surface area contributed by atoms with Crippen molar-refractivity contribution in [3.63, 3.8) is 0 Å². The number of aromatic nitrogens is 1. The van der Waals surface area contributed by atoms with Crippen molar-refractivity contribution in [1.29, 1.82) is 0 Å². The predicted molar refractivity (Wildman–Crippen MR) is 73.0 cm³/mol. The molecular formula is C13H21N3O3. The quantitative estimate of drug-likeness (QED) is 0.697. The molecule has 1 rings (SSSR count). The fraction of sp³-hybridized carbons (Fsp3) is 0.538. The summed E-state index contributed by atoms with van der Waals surface area (Å²) in [5.74, 6) is 0.501. The lowest BCUT2D eigenvalue weighted by Gasteiger charge is -2.21. The zero-order chi connectivity index (χ0) is 14.3. The highest BCUT2D eigenvalue weighted by Gasteiger charge is 2.14. The van der Waals surface area contributed by atoms with Gasteiger partial charge in [-0.05, 0) is 13.0 Å². The number of aliphatic hydroxyl groups is 1. The zero-order valence-electron chi connectivity index (χ0n) is 11.6. The van der Waals surface area contributed by atoms with Crippen molar-refractivity contribution >= 4 is 11.7 Å². The largest absolute Gasteiger partial charge is 0.389 e. The molecule has 6 nitrogen and oxygen atoms in total. The maximum Gasteiger partial charge on any atom is 0.239 e. The van der Waals surface area contributed by atoms with Gasteiger partial charge in [0.15, 0.2) is 0 Å². The number of anilines is 1. The number of nitrogens with one attached hydrogen (secondary N) is 1. The van der Waals surface area contributed by atoms with Crippen molar-refractivity contribution in [2.24, 2.45) is 0 Å². The molecule has 0 spiro atoms. The molecule has 1 heterocycles. The van der Waals surface area contributed by atoms with E-state index < -0.39 is 6.10 Å². The van der Waals surface area contributed by atoms with E-state index in [4.69, 9.17) is 4.74 Å². The molecule has 0 aliphatic carbocycles. The normalized spacial score (nSPS) is 12.0. The molecule has 0 radical (unpaired) electrons. The molecule has 0 aliphatic heterocycles. The van der Waals surface area contributed by atoms with Gasteiger partial charge in [0.05, 0.1) is 19.3 Å². The van der Waals surface area contributed by atoms with Crippen LogP contribution in [0.4, 0.5) is 5.82 Å². The van der Waals surface area contributed by atoms with E-state index in [0.717, 1.165) is 0 Å². The number of aliphatic hydroxyl groups excluding tert-OH is 1. The first-order valence-electron chi connectivity index (χ1n) is 6.16. The summed E-state index contributed by atoms with van der Waals surface area (Å²) in [6.07, 6.45) is 1.02. The number of hydrogen-bond donors (Lipinski definition) is 2. The summed E-state index contributed by atoms with van der Waals surface area (Å²) in [6, 6.07) is 3.56. The molecule has 19 heavy (non-hydrogen) atoms. The second kappa shape index (κ2) is 7.70. The second-order valence-corrected chi connectivity index (χ2v) is 4.29. The third-order valence-electron chi connectivity index (χ3n) is 2.64. The van der Waals surface area contributed by atoms with Gasteiger partial charge in [0.2, 0.25) is 5.91 Å². The van der Waals surface area contributed by atoms with Crippen LogP contribution in [0, 0.1) is 0 Å². The van der Waals surface area contributed by atoms with Crippen LogP contribution in [0.3, 0.4) is 0 Å². The molecule has 0 bridgehead atoms. The Morgan fingerprint density at radius 2 is 2.37 bits per heavy atom. The van der Waals surface area contributed by atoms with Crippen LogP contribution in [0.1, 0.15) is 18.6 Å². The van der Waals surface area contributed by atoms with Gasteiger partial charge in [-0.3, -0.25) is 4.79 Å². The van der Waals surface area contributed by atoms with Gasteiger partial charge < -0.3 is 20.1 Å². The van der Waals surface area contributed by atoms with Gasteiger partial charge >= 0.3 is 0 Å². The third kappa shape index (κ3) is 4.84. The molecule has 0 fully saturated rings. The summed E-state index contributed by atoms with van der Waals surface area (Å²) in [7, 11) is 3.35. The van der Waals surface area contributed by atoms with E-state index in [9.17, 15) is 9.90 Å². The van der Waals surface area contributed by atoms with Crippen molar-refractivity contribution in [3.05, 3.63) is 23.9 Å². The van der Waals surface area contributed by atoms with E-state index in [-0.39, 0.29) is 12.5 Å². The lowest BCUT2D eigenvalue weighted by atomic mass is 10.1. The Balaban J connectivity index is 2.62. The van der Waals surface area contributed by atoms with Gasteiger partial charge in [0, 0.05) is 32.5 Å². The minimum absolute atomic E-state index is 0.109. The van der Waals surface area contributed by atoms with Gasteiger partial charge in [0.1, 0.15) is 5.82 Å². The Bertz CT molecular complexity index is 410. The van der Waals surface area contributed by atoms with Crippen molar-refractivity contribution in [2.75, 3.05) is 38.8 Å². The van der Waals surface area contributed by atoms with E-state index in [1.54, 1.807) is 44.3 Å². The topological polar surface area (TPSA) is 74.7 Å². The zero-order valence-corrected chi connectivity index (χ0v) is 11.6. The summed E-state index contributed by atoms with van der Waals surface area (Å²) < 4.78 is 4.86. The summed E-state index contributed by atoms with van der Waals surface area (Å²) in [5, 5.41) is 12.4. The standard InChI is InChI=1S/C13H21N3O3/c1-10(17)11-5-4-6-15-13(11)16(2)9-12(18)14-7-8-19-3/h4-6,10,17H,7-9H2,1-3H3,(H,14,18)/t10-/m0/s1. The van der Waals surface area contributed by atoms with Gasteiger partial charge in [0.25, 0.3) is 0 Å². The second-order valence-electron chi connectivity index (χ2n) is 4.29. The van der Waals surface area contributed by atoms with Crippen LogP contribution < -0.4 is 10.2 Å². The van der Waals surface area contributed by atoms with Crippen LogP contribution in [-0.2, 0) is 9.53 Å². The number of rotatable bonds is 7. The van der Waals surface area contributed by atoms with Crippen molar-refractivity contribution < 1.29 is 14.6 Å². The van der Waals surface area contributed by atoms with Crippen LogP contribution in [-0.4, -0.2) is 49.9 Å². The molecule has 1 aromatic rings. The first-order chi connectivity index (χ1) is 9.06. The minimum Gasteiger partial charge on any atom is -0.389 e. The molecule has 0 unspecified atom stereocenters. The van der Waals surface area contributed by atoms with Crippen molar-refractivity contribution in [2.45, 2.75) is 13.0 Å². The summed E-state index contributed by atoms with van der Waals surface area (Å²) in [4.78, 5) is 17.6. The van der Waals surface area contributed by atoms with Gasteiger partial charge in [-0.25, -0.2) is 4.98 Å². The van der Waals surface area contributed by atoms with E-state index in [2.05, 4.69) is 10.3 Å². The Morgan fingerprint density at radius 3 is 3.00 bits per heavy atom. The van der Waals surface area contributed by atoms with Crippen LogP contribution in [0.5, 0.6) is 0 Å². The highest BCUT2D eigenvalue weighted by Crippen LogP contribution is 2.22. The molecule has 1 aromatic heterocycles. The van der Waals surface area contributed by atoms with Crippen LogP contribution >= 0.6 is 0 Å². The molecule has 0 aliphatic rings. The number of carbonyl (C=O) groups is 1. The number of likely N-dealkylation sites (N-methyl/N-ethyl adjacent to an activating group) is 1. The first-order valence-corrected chi connectivity index (χ1v) is 6.16. The van der Waals surface area contributed by atoms with Crippen molar-refractivity contribution in [1.82, 2.24) is 10.3 Å². The maximum atomic E-state index is 11.7. The fourth-order valence-electron chi connectivity index (χ4n) is 1.69. The van der Waals surface area contributed by atoms with E-state index in [1.807, 2.05) is 0 Å². The van der Waals surface area contributed by atoms with E-state index in [1.165, 1.54) is 0 Å². The van der Waals surface area contributed by atoms with Crippen molar-refractivity contribution in [3.8, 4) is 0 Å². The van der Waals surface area contributed by atoms with Gasteiger partial charge in [-0.1, -0.05) is 6.07 Å². The fourth-order valence-corrected chi connectivity index (χ4v) is 1.69. The smallest absolute Gasteiger partial charge is 0.239 e. The molecule has 0 saturated heterocycles. The lowest BCUT2D eigenvalue weighted by molar-refractivity contribution is -0.119. The number of ether oxygens (including phenoxy) is 1. The molecular weight excluding hydrogens is 246 g/mol. The van der Waals surface area contributed by atoms with Crippen LogP contribution in [0.15, 0.2) is 18.3 Å². The number of amides is 1. The summed E-state index contributed by atoms with van der Waals surface area (Å²) >= 11 is 0. The highest BCUT2D eigenvalue weighted by molar-refractivity contribution is 5.81. The average Bonchev–Trinajstić information content (AvgIpc) is 2.39. The molecule has 1 atom stereocenters. The molecule has 2 N–H and O–H groups in total. The lowest BCUT2D eigenvalue weighted by Crippen LogP contribution is -2.37. The maximum absolute atomic E-state index is 11.7. The van der Waals surface area contributed by atoms with Crippen LogP contribution in [0.25, 0.3) is 0 Å². The molecule has 106 valence electrons. The SMILES string of the molecule is COCCNC(=O)CN(C)c1ncccc1[C@H](C)O. The van der Waals surface area contributed by atoms with Crippen LogP contribution in [0.2, 0.25) is 0 Å². The van der Waals surface area contributed by atoms with E-state index >= 15 is 0 Å².